The lowest BCUT2D eigenvalue weighted by Crippen LogP contribution is -2.45. The zero-order valence-electron chi connectivity index (χ0n) is 10.1. The zero-order valence-corrected chi connectivity index (χ0v) is 10.1. The first-order valence-electron chi connectivity index (χ1n) is 6.10. The fourth-order valence-electron chi connectivity index (χ4n) is 2.50. The lowest BCUT2D eigenvalue weighted by molar-refractivity contribution is 0.114. The summed E-state index contributed by atoms with van der Waals surface area (Å²) in [5.74, 6) is 0. The molecule has 2 nitrogen and oxygen atoms in total. The molecule has 1 saturated carbocycles. The highest BCUT2D eigenvalue weighted by molar-refractivity contribution is 4.94. The largest absolute Gasteiger partial charge is 0.396 e. The SMILES string of the molecule is C=CCC[C@H](C)N[C@H]1CCC[C@@]1(C)CO. The Balaban J connectivity index is 2.39. The van der Waals surface area contributed by atoms with E-state index in [1.165, 1.54) is 12.8 Å². The van der Waals surface area contributed by atoms with Crippen LogP contribution in [-0.2, 0) is 0 Å². The van der Waals surface area contributed by atoms with E-state index in [1.54, 1.807) is 0 Å². The summed E-state index contributed by atoms with van der Waals surface area (Å²) in [4.78, 5) is 0. The third-order valence-corrected chi connectivity index (χ3v) is 3.73. The van der Waals surface area contributed by atoms with E-state index in [4.69, 9.17) is 0 Å². The number of allylic oxidation sites excluding steroid dienone is 1. The minimum Gasteiger partial charge on any atom is -0.396 e. The molecule has 0 aromatic rings. The molecular weight excluding hydrogens is 186 g/mol. The van der Waals surface area contributed by atoms with Crippen molar-refractivity contribution in [3.05, 3.63) is 12.7 Å². The van der Waals surface area contributed by atoms with Gasteiger partial charge in [0.2, 0.25) is 0 Å². The molecule has 1 aliphatic carbocycles. The van der Waals surface area contributed by atoms with Gasteiger partial charge in [-0.2, -0.15) is 0 Å². The Hall–Kier alpha value is -0.340. The molecule has 0 radical (unpaired) electrons. The molecule has 0 amide bonds. The van der Waals surface area contributed by atoms with Crippen molar-refractivity contribution in [2.24, 2.45) is 5.41 Å². The highest BCUT2D eigenvalue weighted by atomic mass is 16.3. The van der Waals surface area contributed by atoms with Crippen molar-refractivity contribution in [1.29, 1.82) is 0 Å². The Morgan fingerprint density at radius 3 is 3.00 bits per heavy atom. The Morgan fingerprint density at radius 1 is 1.67 bits per heavy atom. The third-order valence-electron chi connectivity index (χ3n) is 3.73. The monoisotopic (exact) mass is 211 g/mol. The highest BCUT2D eigenvalue weighted by Gasteiger charge is 2.38. The summed E-state index contributed by atoms with van der Waals surface area (Å²) < 4.78 is 0. The van der Waals surface area contributed by atoms with Crippen LogP contribution in [-0.4, -0.2) is 23.8 Å². The summed E-state index contributed by atoms with van der Waals surface area (Å²) >= 11 is 0. The number of hydrogen-bond acceptors (Lipinski definition) is 2. The molecule has 0 aromatic carbocycles. The number of aliphatic hydroxyl groups is 1. The van der Waals surface area contributed by atoms with Crippen LogP contribution in [0.3, 0.4) is 0 Å². The fourth-order valence-corrected chi connectivity index (χ4v) is 2.50. The maximum Gasteiger partial charge on any atom is 0.0499 e. The minimum absolute atomic E-state index is 0.0996. The van der Waals surface area contributed by atoms with Crippen LogP contribution in [0.2, 0.25) is 0 Å². The summed E-state index contributed by atoms with van der Waals surface area (Å²) in [6, 6.07) is 1.01. The van der Waals surface area contributed by atoms with Gasteiger partial charge in [-0.1, -0.05) is 19.4 Å². The van der Waals surface area contributed by atoms with Crippen LogP contribution in [0.4, 0.5) is 0 Å². The summed E-state index contributed by atoms with van der Waals surface area (Å²) in [5, 5.41) is 13.1. The molecule has 3 atom stereocenters. The summed E-state index contributed by atoms with van der Waals surface area (Å²) in [7, 11) is 0. The molecule has 15 heavy (non-hydrogen) atoms. The number of hydrogen-bond donors (Lipinski definition) is 2. The maximum atomic E-state index is 9.43. The average Bonchev–Trinajstić information content (AvgIpc) is 2.58. The second-order valence-electron chi connectivity index (χ2n) is 5.19. The average molecular weight is 211 g/mol. The number of nitrogens with one attached hydrogen (secondary N) is 1. The highest BCUT2D eigenvalue weighted by Crippen LogP contribution is 2.37. The van der Waals surface area contributed by atoms with E-state index in [1.807, 2.05) is 6.08 Å². The molecule has 1 aliphatic rings. The molecule has 0 saturated heterocycles. The summed E-state index contributed by atoms with van der Waals surface area (Å²) in [6.45, 7) is 8.46. The number of aliphatic hydroxyl groups excluding tert-OH is 1. The number of rotatable bonds is 6. The van der Waals surface area contributed by atoms with Gasteiger partial charge in [0, 0.05) is 24.1 Å². The summed E-state index contributed by atoms with van der Waals surface area (Å²) in [5.41, 5.74) is 0.0996. The van der Waals surface area contributed by atoms with Gasteiger partial charge in [0.05, 0.1) is 0 Å². The smallest absolute Gasteiger partial charge is 0.0499 e. The van der Waals surface area contributed by atoms with Crippen LogP contribution in [0.25, 0.3) is 0 Å². The third kappa shape index (κ3) is 3.32. The van der Waals surface area contributed by atoms with E-state index < -0.39 is 0 Å². The molecule has 0 bridgehead atoms. The molecule has 0 aromatic heterocycles. The Bertz CT molecular complexity index is 205. The predicted octanol–water partition coefficient (Wildman–Crippen LogP) is 2.48. The lowest BCUT2D eigenvalue weighted by atomic mass is 9.85. The minimum atomic E-state index is 0.0996. The van der Waals surface area contributed by atoms with E-state index in [0.29, 0.717) is 18.7 Å². The molecule has 88 valence electrons. The second kappa shape index (κ2) is 5.66. The standard InChI is InChI=1S/C13H25NO/c1-4-5-7-11(2)14-12-8-6-9-13(12,3)10-15/h4,11-12,14-15H,1,5-10H2,2-3H3/t11-,12-,13-/m0/s1. The van der Waals surface area contributed by atoms with Crippen LogP contribution >= 0.6 is 0 Å². The van der Waals surface area contributed by atoms with Gasteiger partial charge in [0.1, 0.15) is 0 Å². The molecule has 2 N–H and O–H groups in total. The zero-order chi connectivity index (χ0) is 11.3. The van der Waals surface area contributed by atoms with E-state index in [-0.39, 0.29) is 5.41 Å². The van der Waals surface area contributed by atoms with Crippen molar-refractivity contribution in [2.45, 2.75) is 58.0 Å². The first kappa shape index (κ1) is 12.7. The van der Waals surface area contributed by atoms with Gasteiger partial charge in [-0.25, -0.2) is 0 Å². The van der Waals surface area contributed by atoms with E-state index >= 15 is 0 Å². The molecule has 0 spiro atoms. The van der Waals surface area contributed by atoms with Crippen molar-refractivity contribution >= 4 is 0 Å². The molecule has 1 fully saturated rings. The first-order chi connectivity index (χ1) is 7.12. The molecule has 1 rings (SSSR count). The van der Waals surface area contributed by atoms with Crippen LogP contribution in [0.5, 0.6) is 0 Å². The fraction of sp³-hybridized carbons (Fsp3) is 0.846. The normalized spacial score (nSPS) is 32.9. The molecule has 0 unspecified atom stereocenters. The lowest BCUT2D eigenvalue weighted by Gasteiger charge is -2.32. The van der Waals surface area contributed by atoms with Crippen molar-refractivity contribution in [1.82, 2.24) is 5.32 Å². The van der Waals surface area contributed by atoms with Gasteiger partial charge >= 0.3 is 0 Å². The predicted molar refractivity (Wildman–Crippen MR) is 64.9 cm³/mol. The van der Waals surface area contributed by atoms with Gasteiger partial charge in [0.15, 0.2) is 0 Å². The molecule has 2 heteroatoms. The van der Waals surface area contributed by atoms with E-state index in [0.717, 1.165) is 19.3 Å². The van der Waals surface area contributed by atoms with E-state index in [9.17, 15) is 5.11 Å². The van der Waals surface area contributed by atoms with Gasteiger partial charge in [-0.05, 0) is 32.6 Å². The van der Waals surface area contributed by atoms with Crippen LogP contribution in [0.15, 0.2) is 12.7 Å². The topological polar surface area (TPSA) is 32.3 Å². The van der Waals surface area contributed by atoms with Gasteiger partial charge < -0.3 is 10.4 Å². The quantitative estimate of drug-likeness (QED) is 0.662. The molecule has 0 aliphatic heterocycles. The van der Waals surface area contributed by atoms with Crippen molar-refractivity contribution in [3.63, 3.8) is 0 Å². The van der Waals surface area contributed by atoms with Crippen molar-refractivity contribution < 1.29 is 5.11 Å². The van der Waals surface area contributed by atoms with Crippen LogP contribution in [0, 0.1) is 5.41 Å². The molecule has 0 heterocycles. The van der Waals surface area contributed by atoms with Gasteiger partial charge in [-0.3, -0.25) is 0 Å². The van der Waals surface area contributed by atoms with Crippen LogP contribution < -0.4 is 5.32 Å². The molecular formula is C13H25NO. The first-order valence-corrected chi connectivity index (χ1v) is 6.10. The maximum absolute atomic E-state index is 9.43. The van der Waals surface area contributed by atoms with E-state index in [2.05, 4.69) is 25.7 Å². The Morgan fingerprint density at radius 2 is 2.40 bits per heavy atom. The van der Waals surface area contributed by atoms with Gasteiger partial charge in [-0.15, -0.1) is 6.58 Å². The van der Waals surface area contributed by atoms with Crippen LogP contribution in [0.1, 0.15) is 46.0 Å². The Kier molecular flexibility index (Phi) is 4.81. The Labute approximate surface area is 93.8 Å². The second-order valence-corrected chi connectivity index (χ2v) is 5.19. The van der Waals surface area contributed by atoms with Crippen molar-refractivity contribution in [3.8, 4) is 0 Å². The van der Waals surface area contributed by atoms with Crippen molar-refractivity contribution in [2.75, 3.05) is 6.61 Å². The van der Waals surface area contributed by atoms with Gasteiger partial charge in [0.25, 0.3) is 0 Å². The summed E-state index contributed by atoms with van der Waals surface area (Å²) in [6.07, 6.45) is 7.77.